The van der Waals surface area contributed by atoms with Crippen LogP contribution < -0.4 is 10.2 Å². The van der Waals surface area contributed by atoms with Crippen molar-refractivity contribution < 1.29 is 9.63 Å². The lowest BCUT2D eigenvalue weighted by Crippen LogP contribution is -2.23. The van der Waals surface area contributed by atoms with Crippen LogP contribution >= 0.6 is 11.6 Å². The number of hydrogen-bond donors (Lipinski definition) is 1. The third-order valence-electron chi connectivity index (χ3n) is 4.49. The molecule has 0 saturated heterocycles. The van der Waals surface area contributed by atoms with Gasteiger partial charge in [0.1, 0.15) is 6.10 Å². The fraction of sp³-hybridized carbons (Fsp3) is 0.333. The van der Waals surface area contributed by atoms with Gasteiger partial charge in [0.25, 0.3) is 0 Å². The van der Waals surface area contributed by atoms with Crippen LogP contribution in [0, 0.1) is 0 Å². The summed E-state index contributed by atoms with van der Waals surface area (Å²) in [4.78, 5) is 22.6. The summed E-state index contributed by atoms with van der Waals surface area (Å²) in [5.41, 5.74) is 2.45. The molecule has 6 heteroatoms. The third kappa shape index (κ3) is 4.61. The molecule has 0 aliphatic rings. The number of nitrogens with zero attached hydrogens (tertiary/aromatic N) is 2. The molecule has 0 radical (unpaired) electrons. The minimum atomic E-state index is -0.133. The van der Waals surface area contributed by atoms with Gasteiger partial charge in [0, 0.05) is 24.0 Å². The minimum absolute atomic E-state index is 0.133. The van der Waals surface area contributed by atoms with E-state index in [2.05, 4.69) is 24.1 Å². The fourth-order valence-electron chi connectivity index (χ4n) is 3.10. The number of halogens is 1. The van der Waals surface area contributed by atoms with Crippen molar-refractivity contribution in [2.24, 2.45) is 0 Å². The molecule has 2 aromatic heterocycles. The molecule has 0 fully saturated rings. The Balaban J connectivity index is 1.82. The van der Waals surface area contributed by atoms with Gasteiger partial charge in [-0.2, -0.15) is 4.73 Å². The lowest BCUT2D eigenvalue weighted by atomic mass is 10.1. The van der Waals surface area contributed by atoms with Crippen molar-refractivity contribution >= 4 is 34.1 Å². The number of rotatable bonds is 8. The van der Waals surface area contributed by atoms with Gasteiger partial charge >= 0.3 is 0 Å². The highest BCUT2D eigenvalue weighted by atomic mass is 35.5. The van der Waals surface area contributed by atoms with Gasteiger partial charge in [-0.15, -0.1) is 0 Å². The average Bonchev–Trinajstić information content (AvgIpc) is 3.01. The second-order valence-corrected chi connectivity index (χ2v) is 6.91. The van der Waals surface area contributed by atoms with Gasteiger partial charge in [0.05, 0.1) is 22.6 Å². The van der Waals surface area contributed by atoms with E-state index in [9.17, 15) is 4.79 Å². The van der Waals surface area contributed by atoms with E-state index < -0.39 is 0 Å². The summed E-state index contributed by atoms with van der Waals surface area (Å²) in [6.07, 6.45) is 8.42. The first-order valence-corrected chi connectivity index (χ1v) is 9.65. The quantitative estimate of drug-likeness (QED) is 0.601. The Morgan fingerprint density at radius 3 is 2.85 bits per heavy atom. The first-order chi connectivity index (χ1) is 13.1. The van der Waals surface area contributed by atoms with Gasteiger partial charge in [0.2, 0.25) is 5.91 Å². The van der Waals surface area contributed by atoms with Crippen molar-refractivity contribution in [3.05, 3.63) is 59.5 Å². The highest BCUT2D eigenvalue weighted by molar-refractivity contribution is 6.33. The normalized spacial score (nSPS) is 12.1. The predicted octanol–water partition coefficient (Wildman–Crippen LogP) is 4.88. The van der Waals surface area contributed by atoms with Gasteiger partial charge in [0.15, 0.2) is 0 Å². The number of pyridine rings is 1. The molecule has 3 rings (SSSR count). The van der Waals surface area contributed by atoms with Crippen LogP contribution in [0.25, 0.3) is 10.9 Å². The molecule has 1 atom stereocenters. The number of aromatic nitrogens is 2. The molecule has 0 saturated carbocycles. The Labute approximate surface area is 164 Å². The number of fused-ring (bicyclic) bond motifs is 1. The van der Waals surface area contributed by atoms with Crippen molar-refractivity contribution in [3.63, 3.8) is 0 Å². The number of nitrogens with one attached hydrogen (secondary N) is 1. The zero-order valence-electron chi connectivity index (χ0n) is 15.6. The molecule has 1 aromatic carbocycles. The van der Waals surface area contributed by atoms with Crippen LogP contribution in [0.3, 0.4) is 0 Å². The monoisotopic (exact) mass is 385 g/mol. The topological polar surface area (TPSA) is 56.1 Å². The van der Waals surface area contributed by atoms with E-state index in [1.54, 1.807) is 17.0 Å². The first kappa shape index (κ1) is 19.2. The summed E-state index contributed by atoms with van der Waals surface area (Å²) in [6.45, 7) is 4.28. The largest absolute Gasteiger partial charge is 0.411 e. The summed E-state index contributed by atoms with van der Waals surface area (Å²) in [7, 11) is 0. The Morgan fingerprint density at radius 2 is 2.11 bits per heavy atom. The van der Waals surface area contributed by atoms with Crippen LogP contribution in [0.2, 0.25) is 5.02 Å². The molecule has 1 unspecified atom stereocenters. The maximum absolute atomic E-state index is 12.5. The van der Waals surface area contributed by atoms with E-state index in [-0.39, 0.29) is 18.4 Å². The molecule has 1 N–H and O–H groups in total. The molecule has 1 amide bonds. The van der Waals surface area contributed by atoms with Crippen LogP contribution in [0.15, 0.2) is 48.9 Å². The first-order valence-electron chi connectivity index (χ1n) is 9.27. The standard InChI is InChI=1S/C21H24ClN3O2/c1-3-7-16(4-2)27-25-14-15(17-8-5-6-9-20(17)25)12-21(26)24-19-10-11-23-13-18(19)22/h5-6,8-11,13-14,16H,3-4,7,12H2,1-2H3,(H,23,24,26). The van der Waals surface area contributed by atoms with E-state index in [0.29, 0.717) is 10.7 Å². The molecular weight excluding hydrogens is 362 g/mol. The van der Waals surface area contributed by atoms with E-state index in [1.165, 1.54) is 6.20 Å². The third-order valence-corrected chi connectivity index (χ3v) is 4.79. The molecule has 0 aliphatic carbocycles. The van der Waals surface area contributed by atoms with Gasteiger partial charge in [-0.05, 0) is 30.5 Å². The van der Waals surface area contributed by atoms with Gasteiger partial charge in [-0.3, -0.25) is 9.78 Å². The second-order valence-electron chi connectivity index (χ2n) is 6.50. The number of benzene rings is 1. The number of carbonyl (C=O) groups excluding carboxylic acids is 1. The SMILES string of the molecule is CCCC(CC)On1cc(CC(=O)Nc2ccncc2Cl)c2ccccc21. The van der Waals surface area contributed by atoms with Crippen molar-refractivity contribution in [2.45, 2.75) is 45.6 Å². The summed E-state index contributed by atoms with van der Waals surface area (Å²) >= 11 is 6.07. The highest BCUT2D eigenvalue weighted by Gasteiger charge is 2.15. The van der Waals surface area contributed by atoms with Gasteiger partial charge in [-0.25, -0.2) is 0 Å². The van der Waals surface area contributed by atoms with Gasteiger partial charge < -0.3 is 10.2 Å². The number of carbonyl (C=O) groups is 1. The van der Waals surface area contributed by atoms with Gasteiger partial charge in [-0.1, -0.05) is 50.1 Å². The molecule has 0 spiro atoms. The van der Waals surface area contributed by atoms with Crippen LogP contribution in [0.1, 0.15) is 38.7 Å². The zero-order valence-corrected chi connectivity index (χ0v) is 16.4. The van der Waals surface area contributed by atoms with E-state index in [0.717, 1.165) is 35.7 Å². The Bertz CT molecular complexity index is 923. The summed E-state index contributed by atoms with van der Waals surface area (Å²) in [5, 5.41) is 4.28. The molecule has 5 nitrogen and oxygen atoms in total. The summed E-state index contributed by atoms with van der Waals surface area (Å²) < 4.78 is 1.81. The van der Waals surface area contributed by atoms with Crippen molar-refractivity contribution in [1.82, 2.24) is 9.71 Å². The smallest absolute Gasteiger partial charge is 0.228 e. The van der Waals surface area contributed by atoms with E-state index in [4.69, 9.17) is 16.4 Å². The molecule has 142 valence electrons. The Morgan fingerprint density at radius 1 is 1.30 bits per heavy atom. The number of amides is 1. The lowest BCUT2D eigenvalue weighted by molar-refractivity contribution is -0.115. The zero-order chi connectivity index (χ0) is 19.2. The molecule has 0 bridgehead atoms. The number of anilines is 1. The molecule has 2 heterocycles. The van der Waals surface area contributed by atoms with Crippen LogP contribution in [-0.4, -0.2) is 21.7 Å². The number of para-hydroxylation sites is 1. The van der Waals surface area contributed by atoms with Crippen molar-refractivity contribution in [2.75, 3.05) is 5.32 Å². The molecular formula is C21H24ClN3O2. The fourth-order valence-corrected chi connectivity index (χ4v) is 3.27. The molecule has 0 aliphatic heterocycles. The van der Waals surface area contributed by atoms with Crippen LogP contribution in [0.5, 0.6) is 0 Å². The van der Waals surface area contributed by atoms with E-state index >= 15 is 0 Å². The number of hydrogen-bond acceptors (Lipinski definition) is 3. The highest BCUT2D eigenvalue weighted by Crippen LogP contribution is 2.23. The van der Waals surface area contributed by atoms with Crippen LogP contribution in [0.4, 0.5) is 5.69 Å². The summed E-state index contributed by atoms with van der Waals surface area (Å²) in [5.74, 6) is -0.133. The molecule has 27 heavy (non-hydrogen) atoms. The Hall–Kier alpha value is -2.53. The van der Waals surface area contributed by atoms with E-state index in [1.807, 2.05) is 30.5 Å². The predicted molar refractivity (Wildman–Crippen MR) is 109 cm³/mol. The second kappa shape index (κ2) is 8.91. The maximum Gasteiger partial charge on any atom is 0.228 e. The van der Waals surface area contributed by atoms with Crippen molar-refractivity contribution in [1.29, 1.82) is 0 Å². The average molecular weight is 386 g/mol. The Kier molecular flexibility index (Phi) is 6.35. The molecule has 3 aromatic rings. The van der Waals surface area contributed by atoms with Crippen LogP contribution in [-0.2, 0) is 11.2 Å². The lowest BCUT2D eigenvalue weighted by Gasteiger charge is -2.17. The maximum atomic E-state index is 12.5. The minimum Gasteiger partial charge on any atom is -0.411 e. The van der Waals surface area contributed by atoms with Crippen molar-refractivity contribution in [3.8, 4) is 0 Å². The summed E-state index contributed by atoms with van der Waals surface area (Å²) in [6, 6.07) is 9.65.